The normalized spacial score (nSPS) is 9.55. The van der Waals surface area contributed by atoms with E-state index >= 15 is 0 Å². The van der Waals surface area contributed by atoms with Crippen LogP contribution >= 0.6 is 0 Å². The lowest BCUT2D eigenvalue weighted by molar-refractivity contribution is 0.328. The average Bonchev–Trinajstić information content (AvgIpc) is 2.04. The van der Waals surface area contributed by atoms with Gasteiger partial charge in [-0.3, -0.25) is 0 Å². The Balaban J connectivity index is 2.52. The van der Waals surface area contributed by atoms with Crippen LogP contribution in [0.2, 0.25) is 0 Å². The van der Waals surface area contributed by atoms with E-state index in [9.17, 15) is 0 Å². The van der Waals surface area contributed by atoms with Crippen molar-refractivity contribution in [1.29, 1.82) is 0 Å². The first-order valence-electron chi connectivity index (χ1n) is 3.51. The smallest absolute Gasteiger partial charge is 0.119 e. The van der Waals surface area contributed by atoms with Crippen LogP contribution in [0.4, 0.5) is 5.69 Å². The lowest BCUT2D eigenvalue weighted by atomic mass is 10.3. The van der Waals surface area contributed by atoms with Crippen LogP contribution in [-0.2, 0) is 0 Å². The minimum absolute atomic E-state index is 0.532. The molecule has 1 aromatic rings. The monoisotopic (exact) mass is 152 g/mol. The van der Waals surface area contributed by atoms with E-state index < -0.39 is 0 Å². The van der Waals surface area contributed by atoms with Gasteiger partial charge < -0.3 is 16.2 Å². The largest absolute Gasteiger partial charge is 0.492 e. The standard InChI is InChI=1S/C8H12N2O/c9-5-6-11-8-3-1-7(10)2-4-8/h1-4H,5-6,9-10H2. The van der Waals surface area contributed by atoms with Gasteiger partial charge in [0.2, 0.25) is 0 Å². The summed E-state index contributed by atoms with van der Waals surface area (Å²) in [5.41, 5.74) is 11.5. The molecule has 0 unspecified atom stereocenters. The Morgan fingerprint density at radius 3 is 2.36 bits per heavy atom. The molecule has 0 radical (unpaired) electrons. The van der Waals surface area contributed by atoms with Crippen LogP contribution in [0.1, 0.15) is 0 Å². The van der Waals surface area contributed by atoms with E-state index in [0.29, 0.717) is 13.2 Å². The van der Waals surface area contributed by atoms with Gasteiger partial charge in [0.15, 0.2) is 0 Å². The van der Waals surface area contributed by atoms with Crippen LogP contribution in [-0.4, -0.2) is 13.2 Å². The Morgan fingerprint density at radius 1 is 1.18 bits per heavy atom. The van der Waals surface area contributed by atoms with Gasteiger partial charge in [0.1, 0.15) is 12.4 Å². The summed E-state index contributed by atoms with van der Waals surface area (Å²) < 4.78 is 5.23. The highest BCUT2D eigenvalue weighted by Gasteiger charge is 1.90. The fourth-order valence-electron chi connectivity index (χ4n) is 0.741. The van der Waals surface area contributed by atoms with Crippen molar-refractivity contribution in [3.63, 3.8) is 0 Å². The second-order valence-electron chi connectivity index (χ2n) is 2.21. The third kappa shape index (κ3) is 2.47. The molecule has 0 aromatic heterocycles. The highest BCUT2D eigenvalue weighted by molar-refractivity contribution is 5.41. The lowest BCUT2D eigenvalue weighted by Crippen LogP contribution is -2.10. The molecule has 0 heterocycles. The topological polar surface area (TPSA) is 61.3 Å². The van der Waals surface area contributed by atoms with Gasteiger partial charge in [-0.2, -0.15) is 0 Å². The Morgan fingerprint density at radius 2 is 1.82 bits per heavy atom. The van der Waals surface area contributed by atoms with Crippen LogP contribution in [0, 0.1) is 0 Å². The number of nitrogen functional groups attached to an aromatic ring is 1. The van der Waals surface area contributed by atoms with E-state index in [2.05, 4.69) is 0 Å². The molecule has 0 fully saturated rings. The maximum atomic E-state index is 5.48. The molecule has 1 aromatic carbocycles. The lowest BCUT2D eigenvalue weighted by Gasteiger charge is -2.03. The third-order valence-corrected chi connectivity index (χ3v) is 1.27. The number of rotatable bonds is 3. The van der Waals surface area contributed by atoms with Crippen LogP contribution < -0.4 is 16.2 Å². The van der Waals surface area contributed by atoms with Gasteiger partial charge in [-0.1, -0.05) is 0 Å². The molecule has 0 saturated carbocycles. The summed E-state index contributed by atoms with van der Waals surface area (Å²) in [7, 11) is 0. The predicted octanol–water partition coefficient (Wildman–Crippen LogP) is 0.606. The fourth-order valence-corrected chi connectivity index (χ4v) is 0.741. The van der Waals surface area contributed by atoms with Crippen molar-refractivity contribution >= 4 is 5.69 Å². The molecule has 0 aliphatic heterocycles. The molecule has 11 heavy (non-hydrogen) atoms. The summed E-state index contributed by atoms with van der Waals surface area (Å²) >= 11 is 0. The predicted molar refractivity (Wildman–Crippen MR) is 45.4 cm³/mol. The summed E-state index contributed by atoms with van der Waals surface area (Å²) in [6.45, 7) is 1.08. The molecule has 1 rings (SSSR count). The van der Waals surface area contributed by atoms with Crippen molar-refractivity contribution in [2.24, 2.45) is 5.73 Å². The number of hydrogen-bond donors (Lipinski definition) is 2. The van der Waals surface area contributed by atoms with Gasteiger partial charge in [-0.15, -0.1) is 0 Å². The van der Waals surface area contributed by atoms with Crippen molar-refractivity contribution < 1.29 is 4.74 Å². The quantitative estimate of drug-likeness (QED) is 0.624. The molecule has 4 N–H and O–H groups in total. The summed E-state index contributed by atoms with van der Waals surface area (Å²) in [4.78, 5) is 0. The van der Waals surface area contributed by atoms with Crippen LogP contribution in [0.3, 0.4) is 0 Å². The van der Waals surface area contributed by atoms with E-state index in [1.807, 2.05) is 12.1 Å². The minimum Gasteiger partial charge on any atom is -0.492 e. The van der Waals surface area contributed by atoms with Gasteiger partial charge >= 0.3 is 0 Å². The first-order chi connectivity index (χ1) is 5.33. The Kier molecular flexibility index (Phi) is 2.74. The molecule has 0 bridgehead atoms. The molecule has 0 amide bonds. The number of anilines is 1. The molecule has 0 atom stereocenters. The Bertz CT molecular complexity index is 208. The molecule has 0 saturated heterocycles. The fraction of sp³-hybridized carbons (Fsp3) is 0.250. The van der Waals surface area contributed by atoms with E-state index in [0.717, 1.165) is 11.4 Å². The zero-order chi connectivity index (χ0) is 8.10. The zero-order valence-electron chi connectivity index (χ0n) is 6.29. The third-order valence-electron chi connectivity index (χ3n) is 1.27. The maximum Gasteiger partial charge on any atom is 0.119 e. The van der Waals surface area contributed by atoms with Crippen molar-refractivity contribution in [2.45, 2.75) is 0 Å². The van der Waals surface area contributed by atoms with Crippen molar-refractivity contribution in [2.75, 3.05) is 18.9 Å². The summed E-state index contributed by atoms with van der Waals surface area (Å²) in [6.07, 6.45) is 0. The van der Waals surface area contributed by atoms with Crippen LogP contribution in [0.5, 0.6) is 5.75 Å². The molecular formula is C8H12N2O. The number of nitrogens with two attached hydrogens (primary N) is 2. The maximum absolute atomic E-state index is 5.48. The Labute approximate surface area is 66.0 Å². The van der Waals surface area contributed by atoms with Gasteiger partial charge in [0, 0.05) is 12.2 Å². The first-order valence-corrected chi connectivity index (χ1v) is 3.51. The molecule has 3 nitrogen and oxygen atoms in total. The molecule has 60 valence electrons. The zero-order valence-corrected chi connectivity index (χ0v) is 6.29. The van der Waals surface area contributed by atoms with E-state index in [1.165, 1.54) is 0 Å². The molecule has 3 heteroatoms. The van der Waals surface area contributed by atoms with Gasteiger partial charge in [-0.05, 0) is 24.3 Å². The van der Waals surface area contributed by atoms with E-state index in [4.69, 9.17) is 16.2 Å². The van der Waals surface area contributed by atoms with Crippen molar-refractivity contribution in [3.8, 4) is 5.75 Å². The summed E-state index contributed by atoms with van der Waals surface area (Å²) in [5, 5.41) is 0. The number of ether oxygens (including phenoxy) is 1. The van der Waals surface area contributed by atoms with Gasteiger partial charge in [0.05, 0.1) is 0 Å². The SMILES string of the molecule is NCCOc1ccc(N)cc1. The molecule has 0 spiro atoms. The Hall–Kier alpha value is -1.22. The highest BCUT2D eigenvalue weighted by Crippen LogP contribution is 2.12. The van der Waals surface area contributed by atoms with E-state index in [-0.39, 0.29) is 0 Å². The van der Waals surface area contributed by atoms with Crippen molar-refractivity contribution in [1.82, 2.24) is 0 Å². The second kappa shape index (κ2) is 3.83. The van der Waals surface area contributed by atoms with Crippen LogP contribution in [0.15, 0.2) is 24.3 Å². The number of benzene rings is 1. The summed E-state index contributed by atoms with van der Waals surface area (Å²) in [5.74, 6) is 0.810. The van der Waals surface area contributed by atoms with E-state index in [1.54, 1.807) is 12.1 Å². The summed E-state index contributed by atoms with van der Waals surface area (Å²) in [6, 6.07) is 7.24. The van der Waals surface area contributed by atoms with Crippen molar-refractivity contribution in [3.05, 3.63) is 24.3 Å². The molecule has 0 aliphatic rings. The van der Waals surface area contributed by atoms with Gasteiger partial charge in [0.25, 0.3) is 0 Å². The molecule has 0 aliphatic carbocycles. The number of hydrogen-bond acceptors (Lipinski definition) is 3. The highest BCUT2D eigenvalue weighted by atomic mass is 16.5. The van der Waals surface area contributed by atoms with Crippen LogP contribution in [0.25, 0.3) is 0 Å². The van der Waals surface area contributed by atoms with Gasteiger partial charge in [-0.25, -0.2) is 0 Å². The average molecular weight is 152 g/mol. The minimum atomic E-state index is 0.532. The molecular weight excluding hydrogens is 140 g/mol. The second-order valence-corrected chi connectivity index (χ2v) is 2.21. The first kappa shape index (κ1) is 7.88.